The Labute approximate surface area is 199 Å². The highest BCUT2D eigenvalue weighted by atomic mass is 32.1. The van der Waals surface area contributed by atoms with E-state index in [0.29, 0.717) is 11.3 Å². The summed E-state index contributed by atoms with van der Waals surface area (Å²) >= 11 is 1.49. The third kappa shape index (κ3) is 5.33. The highest BCUT2D eigenvalue weighted by Crippen LogP contribution is 2.34. The van der Waals surface area contributed by atoms with Crippen LogP contribution in [0.2, 0.25) is 0 Å². The molecule has 0 bridgehead atoms. The second-order valence-electron chi connectivity index (χ2n) is 8.04. The van der Waals surface area contributed by atoms with Crippen molar-refractivity contribution in [1.29, 1.82) is 0 Å². The Morgan fingerprint density at radius 2 is 1.79 bits per heavy atom. The van der Waals surface area contributed by atoms with E-state index >= 15 is 0 Å². The van der Waals surface area contributed by atoms with Crippen LogP contribution in [0.25, 0.3) is 10.4 Å². The summed E-state index contributed by atoms with van der Waals surface area (Å²) in [7, 11) is 0. The van der Waals surface area contributed by atoms with Crippen LogP contribution in [0.3, 0.4) is 0 Å². The van der Waals surface area contributed by atoms with Crippen LogP contribution < -0.4 is 10.2 Å². The number of thiazole rings is 1. The van der Waals surface area contributed by atoms with Crippen molar-refractivity contribution < 1.29 is 18.4 Å². The monoisotopic (exact) mass is 483 g/mol. The summed E-state index contributed by atoms with van der Waals surface area (Å²) in [6.45, 7) is 3.59. The van der Waals surface area contributed by atoms with Crippen LogP contribution in [0.5, 0.6) is 0 Å². The Hall–Kier alpha value is -3.53. The molecule has 176 valence electrons. The minimum Gasteiger partial charge on any atom is -0.351 e. The Bertz CT molecular complexity index is 1130. The number of anilines is 1. The second-order valence-corrected chi connectivity index (χ2v) is 8.92. The van der Waals surface area contributed by atoms with Crippen LogP contribution in [-0.2, 0) is 9.59 Å². The smallest absolute Gasteiger partial charge is 0.251 e. The van der Waals surface area contributed by atoms with Gasteiger partial charge in [0, 0.05) is 48.7 Å². The number of nitrogens with one attached hydrogen (secondary N) is 1. The molecule has 4 rings (SSSR count). The maximum atomic E-state index is 13.6. The molecule has 2 aromatic heterocycles. The molecule has 1 aromatic carbocycles. The van der Waals surface area contributed by atoms with Gasteiger partial charge in [-0.2, -0.15) is 0 Å². The average Bonchev–Trinajstić information content (AvgIpc) is 3.39. The lowest BCUT2D eigenvalue weighted by Crippen LogP contribution is -2.48. The lowest BCUT2D eigenvalue weighted by atomic mass is 9.92. The molecule has 1 N–H and O–H groups in total. The zero-order valence-electron chi connectivity index (χ0n) is 18.2. The largest absolute Gasteiger partial charge is 0.351 e. The van der Waals surface area contributed by atoms with E-state index in [1.807, 2.05) is 12.1 Å². The molecular weight excluding hydrogens is 460 g/mol. The zero-order valence-corrected chi connectivity index (χ0v) is 19.0. The summed E-state index contributed by atoms with van der Waals surface area (Å²) in [5.41, 5.74) is 3.51. The van der Waals surface area contributed by atoms with E-state index in [9.17, 15) is 18.4 Å². The number of rotatable bonds is 7. The molecule has 1 aliphatic rings. The Kier molecular flexibility index (Phi) is 7.06. The fraction of sp³-hybridized carbons (Fsp3) is 0.292. The molecule has 7 nitrogen and oxygen atoms in total. The van der Waals surface area contributed by atoms with Gasteiger partial charge in [-0.3, -0.25) is 19.5 Å². The van der Waals surface area contributed by atoms with E-state index < -0.39 is 29.8 Å². The number of carbonyl (C=O) groups excluding carboxylic acids is 2. The normalized spacial score (nSPS) is 16.4. The van der Waals surface area contributed by atoms with Gasteiger partial charge in [-0.1, -0.05) is 18.7 Å². The molecule has 3 aromatic rings. The molecule has 0 spiro atoms. The van der Waals surface area contributed by atoms with Gasteiger partial charge in [0.2, 0.25) is 11.8 Å². The summed E-state index contributed by atoms with van der Waals surface area (Å²) in [6.07, 6.45) is 6.87. The molecule has 2 heterocycles. The van der Waals surface area contributed by atoms with Crippen LogP contribution in [0.4, 0.5) is 14.5 Å². The molecule has 10 heteroatoms. The minimum absolute atomic E-state index is 0.162. The standard InChI is InChI=1S/C24H23F2N5O2S/c1-2-21(32)31(19-5-3-16(4-6-19)20-13-29-15-34-20)22(17-11-27-14-28-12-17)23(33)30-18-7-9-24(25,26)10-8-18/h2-6,11-15,18,22H,1,7-10H2,(H,30,33). The molecule has 0 saturated heterocycles. The first kappa shape index (κ1) is 23.6. The lowest BCUT2D eigenvalue weighted by molar-refractivity contribution is -0.126. The molecule has 1 atom stereocenters. The molecule has 0 aliphatic heterocycles. The molecule has 1 unspecified atom stereocenters. The van der Waals surface area contributed by atoms with Gasteiger partial charge in [-0.05, 0) is 36.6 Å². The Balaban J connectivity index is 1.66. The van der Waals surface area contributed by atoms with Crippen LogP contribution >= 0.6 is 11.3 Å². The topological polar surface area (TPSA) is 88.1 Å². The Morgan fingerprint density at radius 1 is 1.12 bits per heavy atom. The number of carbonyl (C=O) groups is 2. The van der Waals surface area contributed by atoms with Gasteiger partial charge in [-0.25, -0.2) is 18.7 Å². The van der Waals surface area contributed by atoms with Crippen molar-refractivity contribution in [2.24, 2.45) is 0 Å². The number of halogens is 2. The van der Waals surface area contributed by atoms with Crippen LogP contribution in [0.1, 0.15) is 37.3 Å². The molecule has 2 amide bonds. The average molecular weight is 484 g/mol. The Morgan fingerprint density at radius 3 is 2.38 bits per heavy atom. The number of aromatic nitrogens is 3. The minimum atomic E-state index is -2.71. The quantitative estimate of drug-likeness (QED) is 0.498. The van der Waals surface area contributed by atoms with Crippen molar-refractivity contribution in [3.63, 3.8) is 0 Å². The SMILES string of the molecule is C=CC(=O)N(c1ccc(-c2cncs2)cc1)C(C(=O)NC1CCC(F)(F)CC1)c1cncnc1. The van der Waals surface area contributed by atoms with Crippen LogP contribution in [0.15, 0.2) is 67.3 Å². The van der Waals surface area contributed by atoms with Gasteiger partial charge in [-0.15, -0.1) is 11.3 Å². The lowest BCUT2D eigenvalue weighted by Gasteiger charge is -2.33. The highest BCUT2D eigenvalue weighted by molar-refractivity contribution is 7.13. The molecule has 1 saturated carbocycles. The summed E-state index contributed by atoms with van der Waals surface area (Å²) in [5.74, 6) is -3.70. The first-order valence-electron chi connectivity index (χ1n) is 10.8. The number of nitrogens with zero attached hydrogens (tertiary/aromatic N) is 4. The van der Waals surface area contributed by atoms with E-state index in [1.165, 1.54) is 35.0 Å². The van der Waals surface area contributed by atoms with Crippen molar-refractivity contribution in [3.05, 3.63) is 72.9 Å². The third-order valence-electron chi connectivity index (χ3n) is 5.74. The van der Waals surface area contributed by atoms with Crippen molar-refractivity contribution in [2.45, 2.75) is 43.7 Å². The first-order valence-corrected chi connectivity index (χ1v) is 11.6. The first-order chi connectivity index (χ1) is 16.4. The molecule has 1 fully saturated rings. The van der Waals surface area contributed by atoms with Gasteiger partial charge in [0.15, 0.2) is 0 Å². The number of hydrogen-bond acceptors (Lipinski definition) is 6. The zero-order chi connectivity index (χ0) is 24.1. The molecule has 34 heavy (non-hydrogen) atoms. The van der Waals surface area contributed by atoms with E-state index in [4.69, 9.17) is 0 Å². The van der Waals surface area contributed by atoms with Crippen LogP contribution in [0, 0.1) is 0 Å². The number of amides is 2. The third-order valence-corrected chi connectivity index (χ3v) is 6.56. The predicted molar refractivity (Wildman–Crippen MR) is 125 cm³/mol. The van der Waals surface area contributed by atoms with Crippen molar-refractivity contribution in [1.82, 2.24) is 20.3 Å². The molecule has 0 radical (unpaired) electrons. The van der Waals surface area contributed by atoms with E-state index in [1.54, 1.807) is 23.8 Å². The maximum absolute atomic E-state index is 13.6. The number of hydrogen-bond donors (Lipinski definition) is 1. The summed E-state index contributed by atoms with van der Waals surface area (Å²) in [6, 6.07) is 5.64. The van der Waals surface area contributed by atoms with Gasteiger partial charge in [0.25, 0.3) is 5.91 Å². The van der Waals surface area contributed by atoms with E-state index in [-0.39, 0.29) is 25.7 Å². The van der Waals surface area contributed by atoms with Gasteiger partial charge >= 0.3 is 0 Å². The number of alkyl halides is 2. The summed E-state index contributed by atoms with van der Waals surface area (Å²) < 4.78 is 27.2. The molecular formula is C24H23F2N5O2S. The fourth-order valence-electron chi connectivity index (χ4n) is 3.98. The second kappa shape index (κ2) is 10.2. The van der Waals surface area contributed by atoms with Gasteiger partial charge in [0.05, 0.1) is 10.4 Å². The van der Waals surface area contributed by atoms with E-state index in [2.05, 4.69) is 26.8 Å². The van der Waals surface area contributed by atoms with Crippen molar-refractivity contribution in [2.75, 3.05) is 4.90 Å². The van der Waals surface area contributed by atoms with Crippen molar-refractivity contribution >= 4 is 28.8 Å². The fourth-order valence-corrected chi connectivity index (χ4v) is 4.61. The van der Waals surface area contributed by atoms with Gasteiger partial charge in [0.1, 0.15) is 12.4 Å². The molecule has 1 aliphatic carbocycles. The predicted octanol–water partition coefficient (Wildman–Crippen LogP) is 4.55. The van der Waals surface area contributed by atoms with Gasteiger partial charge < -0.3 is 5.32 Å². The van der Waals surface area contributed by atoms with Crippen LogP contribution in [-0.4, -0.2) is 38.7 Å². The summed E-state index contributed by atoms with van der Waals surface area (Å²) in [4.78, 5) is 40.8. The maximum Gasteiger partial charge on any atom is 0.251 e. The summed E-state index contributed by atoms with van der Waals surface area (Å²) in [5, 5.41) is 2.86. The van der Waals surface area contributed by atoms with E-state index in [0.717, 1.165) is 16.5 Å². The number of benzene rings is 1. The van der Waals surface area contributed by atoms with Crippen molar-refractivity contribution in [3.8, 4) is 10.4 Å². The highest BCUT2D eigenvalue weighted by Gasteiger charge is 2.38.